The van der Waals surface area contributed by atoms with Crippen molar-refractivity contribution >= 4 is 46.6 Å². The smallest absolute Gasteiger partial charge is 0.245 e. The van der Waals surface area contributed by atoms with E-state index in [0.29, 0.717) is 18.1 Å². The number of rotatable bonds is 6. The van der Waals surface area contributed by atoms with Crippen molar-refractivity contribution < 1.29 is 9.59 Å². The van der Waals surface area contributed by atoms with Crippen molar-refractivity contribution in [1.29, 1.82) is 0 Å². The molecule has 0 spiro atoms. The molecule has 0 fully saturated rings. The lowest BCUT2D eigenvalue weighted by Crippen LogP contribution is -2.43. The summed E-state index contributed by atoms with van der Waals surface area (Å²) in [5.41, 5.74) is 1.63. The van der Waals surface area contributed by atoms with Gasteiger partial charge in [-0.1, -0.05) is 42.4 Å². The number of hydrogen-bond donors (Lipinski definition) is 1. The number of benzene rings is 2. The first kappa shape index (κ1) is 19.7. The summed E-state index contributed by atoms with van der Waals surface area (Å²) in [6.07, 6.45) is 0. The molecule has 0 unspecified atom stereocenters. The molecule has 0 saturated carbocycles. The fourth-order valence-corrected chi connectivity index (χ4v) is 4.20. The topological polar surface area (TPSA) is 52.7 Å². The lowest BCUT2D eigenvalue weighted by molar-refractivity contribution is -0.123. The Hall–Kier alpha value is -2.02. The molecule has 2 amide bonds. The van der Waals surface area contributed by atoms with Gasteiger partial charge in [0.25, 0.3) is 0 Å². The number of fused-ring (bicyclic) bond motifs is 2. The molecule has 0 aliphatic carbocycles. The molecule has 142 valence electrons. The Labute approximate surface area is 168 Å². The number of carbonyl (C=O) groups excluding carboxylic acids is 2. The van der Waals surface area contributed by atoms with Crippen LogP contribution in [0, 0.1) is 0 Å². The third kappa shape index (κ3) is 4.46. The molecule has 1 aliphatic heterocycles. The Balaban J connectivity index is 1.89. The van der Waals surface area contributed by atoms with Gasteiger partial charge in [0.2, 0.25) is 11.8 Å². The van der Waals surface area contributed by atoms with Gasteiger partial charge in [0.05, 0.1) is 24.5 Å². The Kier molecular flexibility index (Phi) is 6.42. The van der Waals surface area contributed by atoms with E-state index in [-0.39, 0.29) is 24.9 Å². The molecule has 2 aromatic rings. The predicted molar refractivity (Wildman–Crippen MR) is 110 cm³/mol. The standard InChI is InChI=1S/C20H22ClN3O2S/c1-3-22-19(25)12-23(4-2)13-20(26)24-15-7-5-6-8-17(15)27-18-10-9-14(21)11-16(18)24/h5-11H,3-4,12-13H2,1-2H3,(H,22,25). The zero-order chi connectivity index (χ0) is 19.4. The molecule has 0 bridgehead atoms. The number of hydrogen-bond acceptors (Lipinski definition) is 4. The van der Waals surface area contributed by atoms with Crippen LogP contribution in [0.2, 0.25) is 5.02 Å². The molecular weight excluding hydrogens is 382 g/mol. The third-order valence-electron chi connectivity index (χ3n) is 4.28. The first-order valence-electron chi connectivity index (χ1n) is 8.92. The second kappa shape index (κ2) is 8.78. The van der Waals surface area contributed by atoms with Crippen LogP contribution < -0.4 is 10.2 Å². The van der Waals surface area contributed by atoms with E-state index in [1.807, 2.05) is 61.2 Å². The molecule has 7 heteroatoms. The van der Waals surface area contributed by atoms with E-state index in [4.69, 9.17) is 11.6 Å². The summed E-state index contributed by atoms with van der Waals surface area (Å²) in [4.78, 5) is 30.7. The van der Waals surface area contributed by atoms with Crippen molar-refractivity contribution in [2.45, 2.75) is 23.6 Å². The summed E-state index contributed by atoms with van der Waals surface area (Å²) in [6, 6.07) is 13.4. The summed E-state index contributed by atoms with van der Waals surface area (Å²) >= 11 is 7.82. The number of halogens is 1. The SMILES string of the molecule is CCNC(=O)CN(CC)CC(=O)N1c2ccccc2Sc2ccc(Cl)cc21. The van der Waals surface area contributed by atoms with Gasteiger partial charge < -0.3 is 5.32 Å². The van der Waals surface area contributed by atoms with E-state index in [0.717, 1.165) is 21.2 Å². The molecule has 2 aromatic carbocycles. The van der Waals surface area contributed by atoms with Gasteiger partial charge in [-0.05, 0) is 43.8 Å². The zero-order valence-electron chi connectivity index (χ0n) is 15.4. The fraction of sp³-hybridized carbons (Fsp3) is 0.300. The average Bonchev–Trinajstić information content (AvgIpc) is 2.65. The van der Waals surface area contributed by atoms with E-state index < -0.39 is 0 Å². The number of amides is 2. The van der Waals surface area contributed by atoms with E-state index in [1.54, 1.807) is 16.7 Å². The average molecular weight is 404 g/mol. The minimum Gasteiger partial charge on any atom is -0.355 e. The van der Waals surface area contributed by atoms with Crippen molar-refractivity contribution in [3.05, 3.63) is 47.5 Å². The number of anilines is 2. The van der Waals surface area contributed by atoms with E-state index in [1.165, 1.54) is 0 Å². The summed E-state index contributed by atoms with van der Waals surface area (Å²) in [5.74, 6) is -0.164. The van der Waals surface area contributed by atoms with Gasteiger partial charge in [0.15, 0.2) is 0 Å². The first-order valence-corrected chi connectivity index (χ1v) is 10.1. The summed E-state index contributed by atoms with van der Waals surface area (Å²) in [7, 11) is 0. The normalized spacial score (nSPS) is 12.5. The first-order chi connectivity index (χ1) is 13.0. The van der Waals surface area contributed by atoms with Crippen LogP contribution in [0.25, 0.3) is 0 Å². The monoisotopic (exact) mass is 403 g/mol. The maximum absolute atomic E-state index is 13.2. The van der Waals surface area contributed by atoms with Crippen LogP contribution in [0.5, 0.6) is 0 Å². The van der Waals surface area contributed by atoms with Crippen LogP contribution in [0.3, 0.4) is 0 Å². The maximum Gasteiger partial charge on any atom is 0.245 e. The predicted octanol–water partition coefficient (Wildman–Crippen LogP) is 3.93. The molecule has 1 heterocycles. The second-order valence-corrected chi connectivity index (χ2v) is 7.69. The van der Waals surface area contributed by atoms with Gasteiger partial charge >= 0.3 is 0 Å². The Morgan fingerprint density at radius 1 is 1.07 bits per heavy atom. The van der Waals surface area contributed by atoms with Crippen LogP contribution in [0.15, 0.2) is 52.3 Å². The van der Waals surface area contributed by atoms with Crippen molar-refractivity contribution in [3.8, 4) is 0 Å². The third-order valence-corrected chi connectivity index (χ3v) is 5.65. The van der Waals surface area contributed by atoms with Crippen LogP contribution in [-0.2, 0) is 9.59 Å². The number of carbonyl (C=O) groups is 2. The van der Waals surface area contributed by atoms with Crippen molar-refractivity contribution in [2.24, 2.45) is 0 Å². The molecular formula is C20H22ClN3O2S. The largest absolute Gasteiger partial charge is 0.355 e. The zero-order valence-corrected chi connectivity index (χ0v) is 16.9. The molecule has 0 saturated heterocycles. The molecule has 3 rings (SSSR count). The highest BCUT2D eigenvalue weighted by molar-refractivity contribution is 7.99. The highest BCUT2D eigenvalue weighted by atomic mass is 35.5. The molecule has 1 aliphatic rings. The Morgan fingerprint density at radius 2 is 1.81 bits per heavy atom. The molecule has 5 nitrogen and oxygen atoms in total. The molecule has 0 aromatic heterocycles. The number of nitrogens with zero attached hydrogens (tertiary/aromatic N) is 2. The van der Waals surface area contributed by atoms with E-state index in [9.17, 15) is 9.59 Å². The Bertz CT molecular complexity index is 859. The summed E-state index contributed by atoms with van der Waals surface area (Å²) in [6.45, 7) is 5.35. The number of para-hydroxylation sites is 1. The second-order valence-electron chi connectivity index (χ2n) is 6.17. The summed E-state index contributed by atoms with van der Waals surface area (Å²) < 4.78 is 0. The Morgan fingerprint density at radius 3 is 2.56 bits per heavy atom. The number of nitrogens with one attached hydrogen (secondary N) is 1. The van der Waals surface area contributed by atoms with Gasteiger partial charge in [-0.25, -0.2) is 0 Å². The van der Waals surface area contributed by atoms with Crippen LogP contribution in [-0.4, -0.2) is 42.9 Å². The highest BCUT2D eigenvalue weighted by Gasteiger charge is 2.29. The van der Waals surface area contributed by atoms with Crippen molar-refractivity contribution in [3.63, 3.8) is 0 Å². The van der Waals surface area contributed by atoms with Crippen molar-refractivity contribution in [2.75, 3.05) is 31.1 Å². The minimum absolute atomic E-state index is 0.0785. The van der Waals surface area contributed by atoms with Gasteiger partial charge in [-0.3, -0.25) is 19.4 Å². The fourth-order valence-electron chi connectivity index (χ4n) is 2.99. The maximum atomic E-state index is 13.2. The molecule has 1 N–H and O–H groups in total. The van der Waals surface area contributed by atoms with E-state index in [2.05, 4.69) is 5.32 Å². The van der Waals surface area contributed by atoms with Gasteiger partial charge in [0, 0.05) is 21.4 Å². The molecule has 0 atom stereocenters. The number of likely N-dealkylation sites (N-methyl/N-ethyl adjacent to an activating group) is 2. The summed E-state index contributed by atoms with van der Waals surface area (Å²) in [5, 5.41) is 3.36. The van der Waals surface area contributed by atoms with Crippen molar-refractivity contribution in [1.82, 2.24) is 10.2 Å². The van der Waals surface area contributed by atoms with Gasteiger partial charge in [-0.2, -0.15) is 0 Å². The van der Waals surface area contributed by atoms with Crippen LogP contribution >= 0.6 is 23.4 Å². The van der Waals surface area contributed by atoms with Crippen LogP contribution in [0.4, 0.5) is 11.4 Å². The minimum atomic E-state index is -0.0857. The van der Waals surface area contributed by atoms with Gasteiger partial charge in [0.1, 0.15) is 0 Å². The lowest BCUT2D eigenvalue weighted by atomic mass is 10.2. The molecule has 27 heavy (non-hydrogen) atoms. The quantitative estimate of drug-likeness (QED) is 0.794. The van der Waals surface area contributed by atoms with E-state index >= 15 is 0 Å². The van der Waals surface area contributed by atoms with Crippen LogP contribution in [0.1, 0.15) is 13.8 Å². The van der Waals surface area contributed by atoms with Gasteiger partial charge in [-0.15, -0.1) is 0 Å². The highest BCUT2D eigenvalue weighted by Crippen LogP contribution is 2.48. The molecule has 0 radical (unpaired) electrons. The lowest BCUT2D eigenvalue weighted by Gasteiger charge is -2.32.